The van der Waals surface area contributed by atoms with E-state index in [2.05, 4.69) is 48.3 Å². The predicted molar refractivity (Wildman–Crippen MR) is 112 cm³/mol. The minimum absolute atomic E-state index is 0. The number of nitrogens with zero attached hydrogens (tertiary/aromatic N) is 1. The standard InChI is InChI=1S/C20H27N3O2.2ClH/c1-14-10-23(12-16-6-4-3-5-7-16)11-15(2)19(14)22-20(24)17-8-18(9-21)25-13-17;;/h3-8,13-15,19H,9-12,21H2,1-2H3,(H,22,24);2*1H. The summed E-state index contributed by atoms with van der Waals surface area (Å²) in [7, 11) is 0. The van der Waals surface area contributed by atoms with Gasteiger partial charge >= 0.3 is 0 Å². The lowest BCUT2D eigenvalue weighted by atomic mass is 9.85. The third kappa shape index (κ3) is 5.98. The van der Waals surface area contributed by atoms with Crippen molar-refractivity contribution in [2.75, 3.05) is 13.1 Å². The minimum Gasteiger partial charge on any atom is -0.467 e. The van der Waals surface area contributed by atoms with Crippen LogP contribution in [-0.2, 0) is 13.1 Å². The molecule has 2 atom stereocenters. The summed E-state index contributed by atoms with van der Waals surface area (Å²) in [6.45, 7) is 7.63. The van der Waals surface area contributed by atoms with E-state index in [1.54, 1.807) is 6.07 Å². The lowest BCUT2D eigenvalue weighted by Gasteiger charge is -2.41. The fourth-order valence-electron chi connectivity index (χ4n) is 3.77. The zero-order valence-electron chi connectivity index (χ0n) is 15.8. The summed E-state index contributed by atoms with van der Waals surface area (Å²) in [4.78, 5) is 15.0. The van der Waals surface area contributed by atoms with Crippen molar-refractivity contribution in [1.82, 2.24) is 10.2 Å². The molecule has 1 saturated heterocycles. The van der Waals surface area contributed by atoms with Crippen LogP contribution in [0.5, 0.6) is 0 Å². The van der Waals surface area contributed by atoms with Crippen molar-refractivity contribution in [1.29, 1.82) is 0 Å². The Hall–Kier alpha value is -1.53. The topological polar surface area (TPSA) is 71.5 Å². The fraction of sp³-hybridized carbons (Fsp3) is 0.450. The summed E-state index contributed by atoms with van der Waals surface area (Å²) in [5.74, 6) is 1.32. The minimum atomic E-state index is -0.0799. The molecule has 3 rings (SSSR count). The molecule has 7 heteroatoms. The molecule has 1 aliphatic heterocycles. The van der Waals surface area contributed by atoms with Crippen molar-refractivity contribution in [3.8, 4) is 0 Å². The van der Waals surface area contributed by atoms with Gasteiger partial charge in [0, 0.05) is 25.7 Å². The maximum Gasteiger partial charge on any atom is 0.254 e. The second kappa shape index (κ2) is 10.7. The number of hydrogen-bond acceptors (Lipinski definition) is 4. The Kier molecular flexibility index (Phi) is 9.33. The van der Waals surface area contributed by atoms with Crippen LogP contribution >= 0.6 is 24.8 Å². The van der Waals surface area contributed by atoms with Gasteiger partial charge in [-0.25, -0.2) is 0 Å². The van der Waals surface area contributed by atoms with Gasteiger partial charge in [-0.2, -0.15) is 0 Å². The quantitative estimate of drug-likeness (QED) is 0.786. The molecule has 150 valence electrons. The van der Waals surface area contributed by atoms with Crippen molar-refractivity contribution in [3.05, 3.63) is 59.5 Å². The second-order valence-electron chi connectivity index (χ2n) is 7.14. The van der Waals surface area contributed by atoms with Crippen molar-refractivity contribution < 1.29 is 9.21 Å². The number of likely N-dealkylation sites (tertiary alicyclic amines) is 1. The van der Waals surface area contributed by atoms with Crippen LogP contribution in [0, 0.1) is 11.8 Å². The smallest absolute Gasteiger partial charge is 0.254 e. The van der Waals surface area contributed by atoms with Crippen LogP contribution < -0.4 is 11.1 Å². The van der Waals surface area contributed by atoms with Crippen LogP contribution in [0.2, 0.25) is 0 Å². The van der Waals surface area contributed by atoms with Gasteiger partial charge in [-0.05, 0) is 23.5 Å². The second-order valence-corrected chi connectivity index (χ2v) is 7.14. The number of nitrogens with one attached hydrogen (secondary N) is 1. The van der Waals surface area contributed by atoms with Gasteiger partial charge in [0.2, 0.25) is 0 Å². The summed E-state index contributed by atoms with van der Waals surface area (Å²) in [6, 6.07) is 12.4. The van der Waals surface area contributed by atoms with Crippen LogP contribution in [0.15, 0.2) is 47.1 Å². The largest absolute Gasteiger partial charge is 0.467 e. The Balaban J connectivity index is 0.00000182. The Morgan fingerprint density at radius 3 is 2.37 bits per heavy atom. The summed E-state index contributed by atoms with van der Waals surface area (Å²) < 4.78 is 5.27. The molecule has 3 N–H and O–H groups in total. The highest BCUT2D eigenvalue weighted by Crippen LogP contribution is 2.24. The molecular weight excluding hydrogens is 385 g/mol. The summed E-state index contributed by atoms with van der Waals surface area (Å²) in [5.41, 5.74) is 7.42. The number of halogens is 2. The van der Waals surface area contributed by atoms with Gasteiger partial charge in [0.25, 0.3) is 5.91 Å². The van der Waals surface area contributed by atoms with Gasteiger partial charge in [0.15, 0.2) is 0 Å². The van der Waals surface area contributed by atoms with Gasteiger partial charge in [0.05, 0.1) is 12.1 Å². The molecule has 1 aliphatic rings. The summed E-state index contributed by atoms with van der Waals surface area (Å²) in [5, 5.41) is 3.19. The highest BCUT2D eigenvalue weighted by Gasteiger charge is 2.33. The number of amides is 1. The first-order valence-electron chi connectivity index (χ1n) is 8.91. The normalized spacial score (nSPS) is 22.4. The molecule has 1 fully saturated rings. The predicted octanol–water partition coefficient (Wildman–Crippen LogP) is 3.47. The van der Waals surface area contributed by atoms with Gasteiger partial charge < -0.3 is 15.5 Å². The molecule has 27 heavy (non-hydrogen) atoms. The van der Waals surface area contributed by atoms with Gasteiger partial charge in [-0.15, -0.1) is 24.8 Å². The number of benzene rings is 1. The molecule has 1 aromatic heterocycles. The van der Waals surface area contributed by atoms with Crippen LogP contribution in [0.3, 0.4) is 0 Å². The zero-order chi connectivity index (χ0) is 17.8. The SMILES string of the molecule is CC1CN(Cc2ccccc2)CC(C)C1NC(=O)c1coc(CN)c1.Cl.Cl. The summed E-state index contributed by atoms with van der Waals surface area (Å²) >= 11 is 0. The van der Waals surface area contributed by atoms with E-state index < -0.39 is 0 Å². The number of carbonyl (C=O) groups is 1. The van der Waals surface area contributed by atoms with E-state index in [0.29, 0.717) is 29.7 Å². The van der Waals surface area contributed by atoms with E-state index in [9.17, 15) is 4.79 Å². The number of furan rings is 1. The third-order valence-corrected chi connectivity index (χ3v) is 4.98. The van der Waals surface area contributed by atoms with E-state index in [0.717, 1.165) is 19.6 Å². The third-order valence-electron chi connectivity index (χ3n) is 4.98. The van der Waals surface area contributed by atoms with Gasteiger partial charge in [-0.3, -0.25) is 9.69 Å². The van der Waals surface area contributed by atoms with E-state index >= 15 is 0 Å². The lowest BCUT2D eigenvalue weighted by molar-refractivity contribution is 0.0732. The van der Waals surface area contributed by atoms with Crippen molar-refractivity contribution >= 4 is 30.7 Å². The summed E-state index contributed by atoms with van der Waals surface area (Å²) in [6.07, 6.45) is 1.48. The van der Waals surface area contributed by atoms with E-state index in [1.807, 2.05) is 6.07 Å². The van der Waals surface area contributed by atoms with Crippen LogP contribution in [0.4, 0.5) is 0 Å². The lowest BCUT2D eigenvalue weighted by Crippen LogP contribution is -2.54. The highest BCUT2D eigenvalue weighted by atomic mass is 35.5. The van der Waals surface area contributed by atoms with Gasteiger partial charge in [0.1, 0.15) is 12.0 Å². The highest BCUT2D eigenvalue weighted by molar-refractivity contribution is 5.94. The van der Waals surface area contributed by atoms with Crippen LogP contribution in [0.25, 0.3) is 0 Å². The molecule has 2 aromatic rings. The Bertz CT molecular complexity index is 696. The molecule has 0 bridgehead atoms. The molecule has 5 nitrogen and oxygen atoms in total. The average molecular weight is 414 g/mol. The number of carbonyl (C=O) groups excluding carboxylic acids is 1. The molecule has 2 heterocycles. The molecule has 0 spiro atoms. The maximum absolute atomic E-state index is 12.5. The number of nitrogens with two attached hydrogens (primary N) is 1. The Morgan fingerprint density at radius 2 is 1.81 bits per heavy atom. The molecular formula is C20H29Cl2N3O2. The molecule has 1 aromatic carbocycles. The number of rotatable bonds is 5. The number of hydrogen-bond donors (Lipinski definition) is 2. The average Bonchev–Trinajstić information content (AvgIpc) is 3.08. The number of piperidine rings is 1. The first-order valence-corrected chi connectivity index (χ1v) is 8.91. The fourth-order valence-corrected chi connectivity index (χ4v) is 3.77. The maximum atomic E-state index is 12.5. The molecule has 0 aliphatic carbocycles. The zero-order valence-corrected chi connectivity index (χ0v) is 17.4. The molecule has 2 unspecified atom stereocenters. The Labute approximate surface area is 173 Å². The van der Waals surface area contributed by atoms with Crippen molar-refractivity contribution in [3.63, 3.8) is 0 Å². The molecule has 0 saturated carbocycles. The molecule has 1 amide bonds. The first-order chi connectivity index (χ1) is 12.1. The van der Waals surface area contributed by atoms with E-state index in [4.69, 9.17) is 10.2 Å². The van der Waals surface area contributed by atoms with E-state index in [1.165, 1.54) is 11.8 Å². The molecule has 0 radical (unpaired) electrons. The first kappa shape index (κ1) is 23.5. The van der Waals surface area contributed by atoms with Crippen molar-refractivity contribution in [2.45, 2.75) is 33.0 Å². The van der Waals surface area contributed by atoms with E-state index in [-0.39, 0.29) is 36.8 Å². The Morgan fingerprint density at radius 1 is 1.19 bits per heavy atom. The van der Waals surface area contributed by atoms with Gasteiger partial charge in [-0.1, -0.05) is 44.2 Å². The van der Waals surface area contributed by atoms with Crippen LogP contribution in [-0.4, -0.2) is 29.9 Å². The van der Waals surface area contributed by atoms with Crippen molar-refractivity contribution in [2.24, 2.45) is 17.6 Å². The monoisotopic (exact) mass is 413 g/mol. The van der Waals surface area contributed by atoms with Crippen LogP contribution in [0.1, 0.15) is 35.5 Å².